The second kappa shape index (κ2) is 8.23. The van der Waals surface area contributed by atoms with E-state index in [1.54, 1.807) is 0 Å². The second-order valence-corrected chi connectivity index (χ2v) is 5.98. The monoisotopic (exact) mass is 429 g/mol. The van der Waals surface area contributed by atoms with Crippen LogP contribution in [0.4, 0.5) is 26.3 Å². The van der Waals surface area contributed by atoms with Crippen molar-refractivity contribution in [3.63, 3.8) is 0 Å². The van der Waals surface area contributed by atoms with E-state index in [4.69, 9.17) is 0 Å². The number of aliphatic hydroxyl groups is 1. The standard InChI is InChI=1S/C20H13F6NO3/c21-19(22,23)29-16-7-3-1-5-14(16)12-9-13(11-28)18(27-10-12)15-6-2-4-8-17(15)30-20(24,25)26/h1-10,28H,11H2. The summed E-state index contributed by atoms with van der Waals surface area (Å²) in [5.41, 5.74) is 0.272. The second-order valence-electron chi connectivity index (χ2n) is 5.98. The minimum absolute atomic E-state index is 0.00433. The maximum atomic E-state index is 12.7. The van der Waals surface area contributed by atoms with Gasteiger partial charge in [0.25, 0.3) is 0 Å². The Morgan fingerprint density at radius 3 is 1.80 bits per heavy atom. The third-order valence-corrected chi connectivity index (χ3v) is 3.93. The van der Waals surface area contributed by atoms with Gasteiger partial charge in [0, 0.05) is 28.5 Å². The molecule has 4 nitrogen and oxygen atoms in total. The molecule has 0 spiro atoms. The van der Waals surface area contributed by atoms with Crippen molar-refractivity contribution in [2.45, 2.75) is 19.3 Å². The molecule has 0 saturated carbocycles. The minimum atomic E-state index is -4.94. The quantitative estimate of drug-likeness (QED) is 0.529. The van der Waals surface area contributed by atoms with E-state index in [-0.39, 0.29) is 27.9 Å². The third kappa shape index (κ3) is 5.20. The Bertz CT molecular complexity index is 1030. The van der Waals surface area contributed by atoms with Crippen molar-refractivity contribution in [3.05, 3.63) is 66.4 Å². The van der Waals surface area contributed by atoms with Crippen LogP contribution in [-0.2, 0) is 6.61 Å². The predicted molar refractivity (Wildman–Crippen MR) is 94.4 cm³/mol. The molecule has 1 heterocycles. The topological polar surface area (TPSA) is 51.6 Å². The Labute approximate surface area is 166 Å². The van der Waals surface area contributed by atoms with Crippen LogP contribution in [-0.4, -0.2) is 22.8 Å². The van der Waals surface area contributed by atoms with E-state index >= 15 is 0 Å². The molecule has 3 rings (SSSR count). The van der Waals surface area contributed by atoms with Crippen molar-refractivity contribution < 1.29 is 40.9 Å². The van der Waals surface area contributed by atoms with Crippen molar-refractivity contribution in [1.29, 1.82) is 0 Å². The molecule has 0 amide bonds. The molecule has 0 bridgehead atoms. The summed E-state index contributed by atoms with van der Waals surface area (Å²) in [5, 5.41) is 9.72. The summed E-state index contributed by atoms with van der Waals surface area (Å²) < 4.78 is 84.1. The molecule has 1 aromatic heterocycles. The molecule has 0 unspecified atom stereocenters. The lowest BCUT2D eigenvalue weighted by molar-refractivity contribution is -0.275. The zero-order valence-electron chi connectivity index (χ0n) is 15.0. The fourth-order valence-corrected chi connectivity index (χ4v) is 2.82. The lowest BCUT2D eigenvalue weighted by Gasteiger charge is -2.16. The Hall–Kier alpha value is -3.27. The van der Waals surface area contributed by atoms with Crippen LogP contribution in [0.3, 0.4) is 0 Å². The lowest BCUT2D eigenvalue weighted by atomic mass is 10.00. The van der Waals surface area contributed by atoms with Crippen LogP contribution in [0, 0.1) is 0 Å². The van der Waals surface area contributed by atoms with Gasteiger partial charge in [-0.1, -0.05) is 30.3 Å². The fourth-order valence-electron chi connectivity index (χ4n) is 2.82. The maximum Gasteiger partial charge on any atom is 0.573 e. The van der Waals surface area contributed by atoms with Crippen molar-refractivity contribution in [2.24, 2.45) is 0 Å². The first-order valence-electron chi connectivity index (χ1n) is 8.37. The molecule has 0 fully saturated rings. The molecule has 30 heavy (non-hydrogen) atoms. The normalized spacial score (nSPS) is 12.0. The number of halogens is 6. The summed E-state index contributed by atoms with van der Waals surface area (Å²) in [6.07, 6.45) is -8.68. The van der Waals surface area contributed by atoms with Crippen molar-refractivity contribution in [3.8, 4) is 33.9 Å². The van der Waals surface area contributed by atoms with Crippen LogP contribution in [0.2, 0.25) is 0 Å². The first-order chi connectivity index (χ1) is 14.1. The number of ether oxygens (including phenoxy) is 2. The van der Waals surface area contributed by atoms with Gasteiger partial charge in [0.05, 0.1) is 12.3 Å². The number of para-hydroxylation sites is 2. The first kappa shape index (κ1) is 21.4. The number of pyridine rings is 1. The molecule has 3 aromatic rings. The summed E-state index contributed by atoms with van der Waals surface area (Å²) in [7, 11) is 0. The number of alkyl halides is 6. The van der Waals surface area contributed by atoms with Crippen LogP contribution >= 0.6 is 0 Å². The van der Waals surface area contributed by atoms with Gasteiger partial charge in [0.15, 0.2) is 0 Å². The van der Waals surface area contributed by atoms with Gasteiger partial charge in [-0.05, 0) is 24.3 Å². The minimum Gasteiger partial charge on any atom is -0.405 e. The van der Waals surface area contributed by atoms with Crippen LogP contribution in [0.5, 0.6) is 11.5 Å². The highest BCUT2D eigenvalue weighted by Gasteiger charge is 2.33. The van der Waals surface area contributed by atoms with Crippen LogP contribution in [0.15, 0.2) is 60.8 Å². The van der Waals surface area contributed by atoms with E-state index in [9.17, 15) is 31.4 Å². The van der Waals surface area contributed by atoms with Gasteiger partial charge >= 0.3 is 12.7 Å². The van der Waals surface area contributed by atoms with E-state index < -0.39 is 30.8 Å². The average molecular weight is 429 g/mol. The Morgan fingerprint density at radius 2 is 1.27 bits per heavy atom. The molecule has 1 N–H and O–H groups in total. The maximum absolute atomic E-state index is 12.7. The van der Waals surface area contributed by atoms with Gasteiger partial charge in [0.1, 0.15) is 11.5 Å². The summed E-state index contributed by atoms with van der Waals surface area (Å²) in [6, 6.07) is 11.8. The Balaban J connectivity index is 2.07. The van der Waals surface area contributed by atoms with Crippen molar-refractivity contribution in [1.82, 2.24) is 4.98 Å². The number of nitrogens with zero attached hydrogens (tertiary/aromatic N) is 1. The molecular weight excluding hydrogens is 416 g/mol. The third-order valence-electron chi connectivity index (χ3n) is 3.93. The van der Waals surface area contributed by atoms with Crippen molar-refractivity contribution in [2.75, 3.05) is 0 Å². The average Bonchev–Trinajstić information content (AvgIpc) is 2.66. The molecule has 0 saturated heterocycles. The first-order valence-corrected chi connectivity index (χ1v) is 8.37. The highest BCUT2D eigenvalue weighted by molar-refractivity contribution is 5.75. The van der Waals surface area contributed by atoms with E-state index in [1.807, 2.05) is 0 Å². The number of rotatable bonds is 5. The molecule has 0 radical (unpaired) electrons. The molecule has 0 atom stereocenters. The summed E-state index contributed by atoms with van der Waals surface area (Å²) in [5.74, 6) is -1.01. The van der Waals surface area contributed by atoms with E-state index in [0.29, 0.717) is 0 Å². The summed E-state index contributed by atoms with van der Waals surface area (Å²) in [6.45, 7) is -0.626. The van der Waals surface area contributed by atoms with E-state index in [0.717, 1.165) is 12.1 Å². The number of aromatic nitrogens is 1. The van der Waals surface area contributed by atoms with Gasteiger partial charge in [-0.2, -0.15) is 0 Å². The van der Waals surface area contributed by atoms with Crippen LogP contribution < -0.4 is 9.47 Å². The van der Waals surface area contributed by atoms with Gasteiger partial charge in [-0.3, -0.25) is 4.98 Å². The molecule has 2 aromatic carbocycles. The van der Waals surface area contributed by atoms with Crippen LogP contribution in [0.1, 0.15) is 5.56 Å². The smallest absolute Gasteiger partial charge is 0.405 e. The summed E-state index contributed by atoms with van der Waals surface area (Å²) >= 11 is 0. The van der Waals surface area contributed by atoms with Crippen LogP contribution in [0.25, 0.3) is 22.4 Å². The van der Waals surface area contributed by atoms with E-state index in [1.165, 1.54) is 48.7 Å². The largest absolute Gasteiger partial charge is 0.573 e. The Kier molecular flexibility index (Phi) is 5.88. The molecule has 0 aliphatic heterocycles. The van der Waals surface area contributed by atoms with Gasteiger partial charge < -0.3 is 14.6 Å². The van der Waals surface area contributed by atoms with Gasteiger partial charge in [-0.15, -0.1) is 26.3 Å². The molecule has 10 heteroatoms. The number of hydrogen-bond acceptors (Lipinski definition) is 4. The Morgan fingerprint density at radius 1 is 0.767 bits per heavy atom. The van der Waals surface area contributed by atoms with Crippen molar-refractivity contribution >= 4 is 0 Å². The fraction of sp³-hybridized carbons (Fsp3) is 0.150. The SMILES string of the molecule is OCc1cc(-c2ccccc2OC(F)(F)F)cnc1-c1ccccc1OC(F)(F)F. The zero-order chi connectivity index (χ0) is 21.9. The zero-order valence-corrected chi connectivity index (χ0v) is 15.0. The number of hydrogen-bond donors (Lipinski definition) is 1. The summed E-state index contributed by atoms with van der Waals surface area (Å²) in [4.78, 5) is 4.08. The molecule has 0 aliphatic rings. The van der Waals surface area contributed by atoms with Gasteiger partial charge in [-0.25, -0.2) is 0 Å². The molecule has 0 aliphatic carbocycles. The lowest BCUT2D eigenvalue weighted by Crippen LogP contribution is -2.18. The highest BCUT2D eigenvalue weighted by atomic mass is 19.4. The number of aliphatic hydroxyl groups excluding tert-OH is 1. The molecule has 158 valence electrons. The number of benzene rings is 2. The van der Waals surface area contributed by atoms with Gasteiger partial charge in [0.2, 0.25) is 0 Å². The van der Waals surface area contributed by atoms with E-state index in [2.05, 4.69) is 14.5 Å². The predicted octanol–water partition coefficient (Wildman–Crippen LogP) is 5.71. The highest BCUT2D eigenvalue weighted by Crippen LogP contribution is 2.38. The molecular formula is C20H13F6NO3.